The van der Waals surface area contributed by atoms with Gasteiger partial charge >= 0.3 is 0 Å². The van der Waals surface area contributed by atoms with Gasteiger partial charge < -0.3 is 4.90 Å². The van der Waals surface area contributed by atoms with E-state index in [-0.39, 0.29) is 5.91 Å². The van der Waals surface area contributed by atoms with Crippen LogP contribution in [-0.2, 0) is 6.42 Å². The zero-order valence-corrected chi connectivity index (χ0v) is 10.8. The van der Waals surface area contributed by atoms with E-state index in [4.69, 9.17) is 0 Å². The highest BCUT2D eigenvalue weighted by Crippen LogP contribution is 2.27. The van der Waals surface area contributed by atoms with E-state index in [1.54, 1.807) is 6.20 Å². The molecule has 92 valence electrons. The van der Waals surface area contributed by atoms with E-state index in [0.29, 0.717) is 10.7 Å². The Morgan fingerprint density at radius 2 is 2.39 bits per heavy atom. The van der Waals surface area contributed by atoms with Crippen molar-refractivity contribution in [3.63, 3.8) is 0 Å². The van der Waals surface area contributed by atoms with Crippen LogP contribution in [0.1, 0.15) is 15.9 Å². The Kier molecular flexibility index (Phi) is 2.76. The van der Waals surface area contributed by atoms with Crippen molar-refractivity contribution in [2.45, 2.75) is 6.42 Å². The first kappa shape index (κ1) is 11.2. The lowest BCUT2D eigenvalue weighted by Gasteiger charge is -2.11. The third-order valence-electron chi connectivity index (χ3n) is 3.12. The van der Waals surface area contributed by atoms with Crippen LogP contribution in [0.4, 0.5) is 10.8 Å². The number of rotatable bonds is 2. The second-order valence-electron chi connectivity index (χ2n) is 4.31. The predicted molar refractivity (Wildman–Crippen MR) is 73.5 cm³/mol. The molecule has 0 spiro atoms. The number of hydrogen-bond acceptors (Lipinski definition) is 4. The molecule has 4 nitrogen and oxygen atoms in total. The van der Waals surface area contributed by atoms with Crippen LogP contribution >= 0.6 is 11.3 Å². The summed E-state index contributed by atoms with van der Waals surface area (Å²) in [5, 5.41) is 5.27. The highest BCUT2D eigenvalue weighted by molar-refractivity contribution is 7.13. The maximum atomic E-state index is 12.0. The molecule has 0 atom stereocenters. The lowest BCUT2D eigenvalue weighted by molar-refractivity contribution is 0.102. The molecular weight excluding hydrogens is 246 g/mol. The Balaban J connectivity index is 1.83. The van der Waals surface area contributed by atoms with E-state index < -0.39 is 0 Å². The number of fused-ring (bicyclic) bond motifs is 1. The van der Waals surface area contributed by atoms with Gasteiger partial charge in [-0.1, -0.05) is 0 Å². The average Bonchev–Trinajstić information content (AvgIpc) is 2.99. The van der Waals surface area contributed by atoms with Crippen LogP contribution in [0.5, 0.6) is 0 Å². The number of thiazole rings is 1. The summed E-state index contributed by atoms with van der Waals surface area (Å²) >= 11 is 1.42. The summed E-state index contributed by atoms with van der Waals surface area (Å²) in [7, 11) is 2.07. The van der Waals surface area contributed by atoms with E-state index in [2.05, 4.69) is 22.2 Å². The van der Waals surface area contributed by atoms with Gasteiger partial charge in [-0.15, -0.1) is 11.3 Å². The number of benzene rings is 1. The van der Waals surface area contributed by atoms with Crippen molar-refractivity contribution in [1.82, 2.24) is 4.98 Å². The quantitative estimate of drug-likeness (QED) is 0.900. The molecule has 3 rings (SSSR count). The number of carbonyl (C=O) groups excluding carboxylic acids is 1. The summed E-state index contributed by atoms with van der Waals surface area (Å²) in [5.41, 5.74) is 3.16. The van der Waals surface area contributed by atoms with Gasteiger partial charge in [0, 0.05) is 36.4 Å². The maximum absolute atomic E-state index is 12.0. The fraction of sp³-hybridized carbons (Fsp3) is 0.231. The zero-order valence-electron chi connectivity index (χ0n) is 10.0. The topological polar surface area (TPSA) is 45.2 Å². The van der Waals surface area contributed by atoms with Gasteiger partial charge in [0.1, 0.15) is 0 Å². The van der Waals surface area contributed by atoms with Crippen molar-refractivity contribution in [1.29, 1.82) is 0 Å². The van der Waals surface area contributed by atoms with Crippen LogP contribution in [0, 0.1) is 0 Å². The average molecular weight is 259 g/mol. The number of nitrogens with zero attached hydrogens (tertiary/aromatic N) is 2. The summed E-state index contributed by atoms with van der Waals surface area (Å²) in [5.74, 6) is -0.0951. The second kappa shape index (κ2) is 4.42. The minimum absolute atomic E-state index is 0.0951. The maximum Gasteiger partial charge on any atom is 0.257 e. The third kappa shape index (κ3) is 1.97. The number of likely N-dealkylation sites (N-methyl/N-ethyl adjacent to an activating group) is 1. The smallest absolute Gasteiger partial charge is 0.257 e. The van der Waals surface area contributed by atoms with Gasteiger partial charge in [-0.25, -0.2) is 4.98 Å². The first-order chi connectivity index (χ1) is 8.74. The Morgan fingerprint density at radius 3 is 3.17 bits per heavy atom. The molecule has 1 aliphatic heterocycles. The van der Waals surface area contributed by atoms with E-state index in [0.717, 1.165) is 13.0 Å². The summed E-state index contributed by atoms with van der Waals surface area (Å²) in [6.45, 7) is 1.02. The summed E-state index contributed by atoms with van der Waals surface area (Å²) in [4.78, 5) is 18.3. The molecule has 1 aromatic carbocycles. The molecule has 2 aromatic rings. The molecule has 2 heterocycles. The highest BCUT2D eigenvalue weighted by Gasteiger charge is 2.17. The van der Waals surface area contributed by atoms with Gasteiger partial charge in [0.15, 0.2) is 5.13 Å². The molecular formula is C13H13N3OS. The number of aromatic nitrogens is 1. The van der Waals surface area contributed by atoms with Crippen LogP contribution in [-0.4, -0.2) is 24.5 Å². The number of carbonyl (C=O) groups is 1. The predicted octanol–water partition coefficient (Wildman–Crippen LogP) is 2.39. The largest absolute Gasteiger partial charge is 0.374 e. The van der Waals surface area contributed by atoms with Gasteiger partial charge in [0.25, 0.3) is 5.91 Å². The molecule has 0 saturated carbocycles. The standard InChI is InChI=1S/C13H13N3OS/c1-16-6-4-9-8-10(2-3-11(9)16)12(17)15-13-14-5-7-18-13/h2-3,5,7-8H,4,6H2,1H3,(H,14,15,17). The molecule has 1 aromatic heterocycles. The normalized spacial score (nSPS) is 13.5. The van der Waals surface area contributed by atoms with Crippen molar-refractivity contribution < 1.29 is 4.79 Å². The van der Waals surface area contributed by atoms with Gasteiger partial charge in [-0.2, -0.15) is 0 Å². The van der Waals surface area contributed by atoms with E-state index in [1.807, 2.05) is 23.6 Å². The van der Waals surface area contributed by atoms with Gasteiger partial charge in [0.05, 0.1) is 0 Å². The zero-order chi connectivity index (χ0) is 12.5. The van der Waals surface area contributed by atoms with E-state index in [9.17, 15) is 4.79 Å². The van der Waals surface area contributed by atoms with Crippen LogP contribution in [0.25, 0.3) is 0 Å². The Morgan fingerprint density at radius 1 is 1.50 bits per heavy atom. The van der Waals surface area contributed by atoms with Crippen LogP contribution in [0.2, 0.25) is 0 Å². The monoisotopic (exact) mass is 259 g/mol. The molecule has 0 aliphatic carbocycles. The molecule has 0 saturated heterocycles. The minimum atomic E-state index is -0.0951. The Labute approximate surface area is 109 Å². The van der Waals surface area contributed by atoms with Crippen molar-refractivity contribution in [2.75, 3.05) is 23.8 Å². The van der Waals surface area contributed by atoms with Gasteiger partial charge in [-0.3, -0.25) is 10.1 Å². The summed E-state index contributed by atoms with van der Waals surface area (Å²) in [6, 6.07) is 5.85. The molecule has 0 fully saturated rings. The third-order valence-corrected chi connectivity index (χ3v) is 3.81. The SMILES string of the molecule is CN1CCc2cc(C(=O)Nc3nccs3)ccc21. The van der Waals surface area contributed by atoms with Crippen molar-refractivity contribution in [2.24, 2.45) is 0 Å². The molecule has 18 heavy (non-hydrogen) atoms. The number of nitrogens with one attached hydrogen (secondary N) is 1. The van der Waals surface area contributed by atoms with E-state index in [1.165, 1.54) is 22.6 Å². The lowest BCUT2D eigenvalue weighted by Crippen LogP contribution is -2.13. The Bertz CT molecular complexity index is 580. The first-order valence-electron chi connectivity index (χ1n) is 5.79. The van der Waals surface area contributed by atoms with Gasteiger partial charge in [0.2, 0.25) is 0 Å². The molecule has 0 unspecified atom stereocenters. The van der Waals surface area contributed by atoms with E-state index >= 15 is 0 Å². The first-order valence-corrected chi connectivity index (χ1v) is 6.67. The molecule has 5 heteroatoms. The second-order valence-corrected chi connectivity index (χ2v) is 5.20. The molecule has 1 N–H and O–H groups in total. The summed E-state index contributed by atoms with van der Waals surface area (Å²) < 4.78 is 0. The minimum Gasteiger partial charge on any atom is -0.374 e. The Hall–Kier alpha value is -1.88. The van der Waals surface area contributed by atoms with Crippen LogP contribution in [0.15, 0.2) is 29.8 Å². The van der Waals surface area contributed by atoms with Crippen molar-refractivity contribution in [3.05, 3.63) is 40.9 Å². The molecule has 1 aliphatic rings. The molecule has 0 bridgehead atoms. The van der Waals surface area contributed by atoms with Crippen molar-refractivity contribution in [3.8, 4) is 0 Å². The molecule has 0 radical (unpaired) electrons. The fourth-order valence-corrected chi connectivity index (χ4v) is 2.69. The summed E-state index contributed by atoms with van der Waals surface area (Å²) in [6.07, 6.45) is 2.68. The number of hydrogen-bond donors (Lipinski definition) is 1. The van der Waals surface area contributed by atoms with Crippen molar-refractivity contribution >= 4 is 28.1 Å². The fourth-order valence-electron chi connectivity index (χ4n) is 2.16. The number of amides is 1. The van der Waals surface area contributed by atoms with Crippen LogP contribution in [0.3, 0.4) is 0 Å². The number of anilines is 2. The molecule has 1 amide bonds. The van der Waals surface area contributed by atoms with Crippen LogP contribution < -0.4 is 10.2 Å². The highest BCUT2D eigenvalue weighted by atomic mass is 32.1. The lowest BCUT2D eigenvalue weighted by atomic mass is 10.1. The van der Waals surface area contributed by atoms with Gasteiger partial charge in [-0.05, 0) is 30.2 Å².